The van der Waals surface area contributed by atoms with Gasteiger partial charge in [0.2, 0.25) is 5.78 Å². The van der Waals surface area contributed by atoms with Gasteiger partial charge in [0.1, 0.15) is 16.5 Å². The molecule has 2 heterocycles. The largest absolute Gasteiger partial charge is 0.334 e. The number of thiophene rings is 1. The van der Waals surface area contributed by atoms with Gasteiger partial charge in [-0.15, -0.1) is 11.3 Å². The molecule has 27 heavy (non-hydrogen) atoms. The van der Waals surface area contributed by atoms with Crippen molar-refractivity contribution >= 4 is 27.3 Å². The second-order valence-electron chi connectivity index (χ2n) is 6.03. The minimum absolute atomic E-state index is 0.0746. The van der Waals surface area contributed by atoms with E-state index in [1.807, 2.05) is 6.07 Å². The molecule has 134 valence electrons. The highest BCUT2D eigenvalue weighted by molar-refractivity contribution is 7.20. The van der Waals surface area contributed by atoms with E-state index in [-0.39, 0.29) is 23.3 Å². The van der Waals surface area contributed by atoms with E-state index in [1.54, 1.807) is 34.9 Å². The number of pyridine rings is 1. The molecular formula is C21H13F2NO2S. The zero-order valence-electron chi connectivity index (χ0n) is 14.0. The summed E-state index contributed by atoms with van der Waals surface area (Å²) in [6.07, 6.45) is 1.49. The molecule has 0 unspecified atom stereocenters. The molecule has 0 aliphatic carbocycles. The van der Waals surface area contributed by atoms with Gasteiger partial charge >= 0.3 is 0 Å². The number of nitrogens with zero attached hydrogens (tertiary/aromatic N) is 1. The maximum absolute atomic E-state index is 14.0. The fourth-order valence-electron chi connectivity index (χ4n) is 2.91. The highest BCUT2D eigenvalue weighted by Crippen LogP contribution is 2.27. The van der Waals surface area contributed by atoms with Crippen molar-refractivity contribution in [2.75, 3.05) is 0 Å². The van der Waals surface area contributed by atoms with Crippen LogP contribution < -0.4 is 5.43 Å². The van der Waals surface area contributed by atoms with Crippen LogP contribution in [0, 0.1) is 11.6 Å². The summed E-state index contributed by atoms with van der Waals surface area (Å²) in [5.41, 5.74) is 0.189. The number of hydrogen-bond donors (Lipinski definition) is 0. The van der Waals surface area contributed by atoms with Crippen LogP contribution in [0.5, 0.6) is 0 Å². The van der Waals surface area contributed by atoms with Gasteiger partial charge in [-0.3, -0.25) is 9.59 Å². The van der Waals surface area contributed by atoms with E-state index in [0.717, 1.165) is 11.3 Å². The van der Waals surface area contributed by atoms with Crippen LogP contribution in [-0.2, 0) is 6.54 Å². The zero-order chi connectivity index (χ0) is 19.0. The number of aromatic nitrogens is 1. The van der Waals surface area contributed by atoms with E-state index >= 15 is 0 Å². The molecule has 2 aromatic heterocycles. The Morgan fingerprint density at radius 2 is 1.67 bits per heavy atom. The van der Waals surface area contributed by atoms with Gasteiger partial charge in [-0.05, 0) is 18.2 Å². The van der Waals surface area contributed by atoms with Crippen LogP contribution in [0.25, 0.3) is 10.2 Å². The molecule has 3 nitrogen and oxygen atoms in total. The molecule has 0 fully saturated rings. The lowest BCUT2D eigenvalue weighted by molar-refractivity contribution is 0.104. The summed E-state index contributed by atoms with van der Waals surface area (Å²) in [6.45, 7) is -0.0746. The molecule has 0 saturated carbocycles. The maximum atomic E-state index is 14.0. The average Bonchev–Trinajstić information content (AvgIpc) is 3.13. The van der Waals surface area contributed by atoms with Crippen molar-refractivity contribution in [1.82, 2.24) is 4.57 Å². The molecular weight excluding hydrogens is 368 g/mol. The van der Waals surface area contributed by atoms with Crippen LogP contribution in [0.1, 0.15) is 20.8 Å². The lowest BCUT2D eigenvalue weighted by atomic mass is 10.1. The van der Waals surface area contributed by atoms with Gasteiger partial charge in [0.05, 0.1) is 16.8 Å². The first kappa shape index (κ1) is 17.3. The van der Waals surface area contributed by atoms with Crippen LogP contribution in [0.4, 0.5) is 8.78 Å². The first-order valence-corrected chi connectivity index (χ1v) is 9.02. The number of fused-ring (bicyclic) bond motifs is 1. The normalized spacial score (nSPS) is 11.0. The lowest BCUT2D eigenvalue weighted by Gasteiger charge is -2.09. The van der Waals surface area contributed by atoms with Crippen molar-refractivity contribution in [3.05, 3.63) is 105 Å². The average molecular weight is 381 g/mol. The molecule has 2 aromatic carbocycles. The standard InChI is InChI=1S/C21H13F2NO2S/c22-16-7-4-8-17(23)15(16)12-24-10-9-18(25)14-11-19(27-21(14)24)20(26)13-5-2-1-3-6-13/h1-11H,12H2. The van der Waals surface area contributed by atoms with E-state index in [4.69, 9.17) is 0 Å². The molecule has 0 amide bonds. The van der Waals surface area contributed by atoms with Crippen molar-refractivity contribution in [2.45, 2.75) is 6.54 Å². The molecule has 0 spiro atoms. The molecule has 0 N–H and O–H groups in total. The number of ketones is 1. The van der Waals surface area contributed by atoms with Gasteiger partial charge in [-0.1, -0.05) is 36.4 Å². The maximum Gasteiger partial charge on any atom is 0.203 e. The van der Waals surface area contributed by atoms with Gasteiger partial charge in [-0.25, -0.2) is 8.78 Å². The number of benzene rings is 2. The van der Waals surface area contributed by atoms with E-state index < -0.39 is 11.6 Å². The first-order valence-electron chi connectivity index (χ1n) is 8.20. The summed E-state index contributed by atoms with van der Waals surface area (Å²) in [5.74, 6) is -1.50. The molecule has 4 aromatic rings. The highest BCUT2D eigenvalue weighted by atomic mass is 32.1. The second-order valence-corrected chi connectivity index (χ2v) is 7.06. The monoisotopic (exact) mass is 381 g/mol. The highest BCUT2D eigenvalue weighted by Gasteiger charge is 2.17. The van der Waals surface area contributed by atoms with Crippen molar-refractivity contribution in [3.8, 4) is 0 Å². The van der Waals surface area contributed by atoms with E-state index in [1.165, 1.54) is 30.5 Å². The second kappa shape index (κ2) is 6.89. The Balaban J connectivity index is 1.82. The van der Waals surface area contributed by atoms with Crippen LogP contribution in [0.3, 0.4) is 0 Å². The molecule has 0 bridgehead atoms. The van der Waals surface area contributed by atoms with Gasteiger partial charge in [-0.2, -0.15) is 0 Å². The minimum atomic E-state index is -0.654. The quantitative estimate of drug-likeness (QED) is 0.484. The minimum Gasteiger partial charge on any atom is -0.334 e. The summed E-state index contributed by atoms with van der Waals surface area (Å²) in [4.78, 5) is 25.8. The smallest absolute Gasteiger partial charge is 0.203 e. The number of halogens is 2. The van der Waals surface area contributed by atoms with Gasteiger partial charge in [0.25, 0.3) is 0 Å². The zero-order valence-corrected chi connectivity index (χ0v) is 14.8. The van der Waals surface area contributed by atoms with Crippen LogP contribution >= 0.6 is 11.3 Å². The summed E-state index contributed by atoms with van der Waals surface area (Å²) >= 11 is 1.14. The van der Waals surface area contributed by atoms with E-state index in [9.17, 15) is 18.4 Å². The number of hydrogen-bond acceptors (Lipinski definition) is 3. The first-order chi connectivity index (χ1) is 13.0. The molecule has 0 saturated heterocycles. The molecule has 0 aliphatic heterocycles. The third kappa shape index (κ3) is 3.19. The Morgan fingerprint density at radius 3 is 2.37 bits per heavy atom. The fraction of sp³-hybridized carbons (Fsp3) is 0.0476. The number of carbonyl (C=O) groups excluding carboxylic acids is 1. The van der Waals surface area contributed by atoms with Crippen molar-refractivity contribution < 1.29 is 13.6 Å². The number of carbonyl (C=O) groups is 1. The fourth-order valence-corrected chi connectivity index (χ4v) is 4.02. The Bertz CT molecular complexity index is 1190. The van der Waals surface area contributed by atoms with Gasteiger partial charge in [0.15, 0.2) is 5.43 Å². The van der Waals surface area contributed by atoms with Gasteiger partial charge in [0, 0.05) is 23.4 Å². The van der Waals surface area contributed by atoms with Crippen molar-refractivity contribution in [1.29, 1.82) is 0 Å². The number of rotatable bonds is 4. The van der Waals surface area contributed by atoms with Crippen LogP contribution in [-0.4, -0.2) is 10.4 Å². The topological polar surface area (TPSA) is 39.1 Å². The Kier molecular flexibility index (Phi) is 4.41. The molecule has 0 aliphatic rings. The summed E-state index contributed by atoms with van der Waals surface area (Å²) in [6, 6.07) is 15.3. The van der Waals surface area contributed by atoms with Crippen LogP contribution in [0.2, 0.25) is 0 Å². The molecule has 6 heteroatoms. The summed E-state index contributed by atoms with van der Waals surface area (Å²) in [5, 5.41) is 0.360. The summed E-state index contributed by atoms with van der Waals surface area (Å²) < 4.78 is 29.6. The third-order valence-electron chi connectivity index (χ3n) is 4.29. The van der Waals surface area contributed by atoms with E-state index in [2.05, 4.69) is 0 Å². The van der Waals surface area contributed by atoms with E-state index in [0.29, 0.717) is 20.7 Å². The SMILES string of the molecule is O=C(c1ccccc1)c1cc2c(=O)ccn(Cc3c(F)cccc3F)c2s1. The van der Waals surface area contributed by atoms with Crippen molar-refractivity contribution in [3.63, 3.8) is 0 Å². The van der Waals surface area contributed by atoms with Crippen LogP contribution in [0.15, 0.2) is 71.7 Å². The molecule has 0 radical (unpaired) electrons. The van der Waals surface area contributed by atoms with Gasteiger partial charge < -0.3 is 4.57 Å². The lowest BCUT2D eigenvalue weighted by Crippen LogP contribution is -2.09. The molecule has 4 rings (SSSR count). The molecule has 0 atom stereocenters. The predicted octanol–water partition coefficient (Wildman–Crippen LogP) is 4.62. The summed E-state index contributed by atoms with van der Waals surface area (Å²) in [7, 11) is 0. The predicted molar refractivity (Wildman–Crippen MR) is 101 cm³/mol. The Morgan fingerprint density at radius 1 is 0.963 bits per heavy atom. The third-order valence-corrected chi connectivity index (χ3v) is 5.47. The van der Waals surface area contributed by atoms with Crippen molar-refractivity contribution in [2.24, 2.45) is 0 Å². The Labute approximate surface area is 157 Å². The Hall–Kier alpha value is -3.12.